The lowest BCUT2D eigenvalue weighted by molar-refractivity contribution is 0.304. The zero-order chi connectivity index (χ0) is 16.9. The number of nitrogens with zero attached hydrogens (tertiary/aromatic N) is 3. The Bertz CT molecular complexity index is 655. The number of oxime groups is 1. The molecule has 3 atom stereocenters. The Hall–Kier alpha value is -1.94. The summed E-state index contributed by atoms with van der Waals surface area (Å²) < 4.78 is 18.2. The number of nitrogens with one attached hydrogen (secondary N) is 3. The summed E-state index contributed by atoms with van der Waals surface area (Å²) in [5.74, 6) is 0.953. The van der Waals surface area contributed by atoms with Gasteiger partial charge in [-0.3, -0.25) is 0 Å². The van der Waals surface area contributed by atoms with Crippen molar-refractivity contribution < 1.29 is 14.2 Å². The van der Waals surface area contributed by atoms with Crippen LogP contribution < -0.4 is 16.0 Å². The van der Waals surface area contributed by atoms with Crippen LogP contribution in [0.2, 0.25) is 0 Å². The zero-order valence-corrected chi connectivity index (χ0v) is 14.3. The van der Waals surface area contributed by atoms with Crippen LogP contribution in [0.15, 0.2) is 33.7 Å². The Balaban J connectivity index is 1.67. The summed E-state index contributed by atoms with van der Waals surface area (Å²) in [5.41, 5.74) is 0.832. The van der Waals surface area contributed by atoms with Crippen LogP contribution in [0.5, 0.6) is 0 Å². The average Bonchev–Trinajstić information content (AvgIpc) is 3.25. The Morgan fingerprint density at radius 2 is 2.42 bits per heavy atom. The highest BCUT2D eigenvalue weighted by Crippen LogP contribution is 2.20. The van der Waals surface area contributed by atoms with Crippen molar-refractivity contribution in [3.63, 3.8) is 0 Å². The molecule has 0 spiro atoms. The van der Waals surface area contributed by atoms with E-state index in [1.165, 1.54) is 6.08 Å². The van der Waals surface area contributed by atoms with Gasteiger partial charge in [0, 0.05) is 12.2 Å². The molecule has 4 N–H and O–H groups in total. The van der Waals surface area contributed by atoms with Gasteiger partial charge in [0.15, 0.2) is 5.69 Å². The molecule has 1 saturated heterocycles. The molecule has 130 valence electrons. The van der Waals surface area contributed by atoms with E-state index in [1.807, 2.05) is 0 Å². The molecule has 1 aliphatic carbocycles. The van der Waals surface area contributed by atoms with Crippen molar-refractivity contribution in [1.82, 2.24) is 20.9 Å². The first-order chi connectivity index (χ1) is 11.7. The summed E-state index contributed by atoms with van der Waals surface area (Å²) in [6.07, 6.45) is 4.60. The van der Waals surface area contributed by atoms with Gasteiger partial charge >= 0.3 is 0 Å². The van der Waals surface area contributed by atoms with Gasteiger partial charge in [-0.2, -0.15) is 0 Å². The largest absolute Gasteiger partial charge is 0.409 e. The highest BCUT2D eigenvalue weighted by molar-refractivity contribution is 9.09. The Morgan fingerprint density at radius 1 is 1.54 bits per heavy atom. The van der Waals surface area contributed by atoms with Gasteiger partial charge < -0.3 is 21.2 Å². The van der Waals surface area contributed by atoms with Gasteiger partial charge in [0.1, 0.15) is 6.17 Å². The minimum atomic E-state index is -1.10. The molecule has 0 amide bonds. The lowest BCUT2D eigenvalue weighted by Crippen LogP contribution is -2.28. The quantitative estimate of drug-likeness (QED) is 0.194. The molecule has 8 nitrogen and oxygen atoms in total. The van der Waals surface area contributed by atoms with Crippen LogP contribution in [-0.4, -0.2) is 52.0 Å². The zero-order valence-electron chi connectivity index (χ0n) is 12.7. The molecule has 2 aliphatic rings. The van der Waals surface area contributed by atoms with E-state index < -0.39 is 11.0 Å². The first kappa shape index (κ1) is 16.9. The van der Waals surface area contributed by atoms with E-state index in [0.717, 1.165) is 19.5 Å². The summed E-state index contributed by atoms with van der Waals surface area (Å²) in [5, 5.41) is 29.4. The van der Waals surface area contributed by atoms with Gasteiger partial charge in [0.05, 0.1) is 4.83 Å². The first-order valence-electron chi connectivity index (χ1n) is 7.62. The minimum Gasteiger partial charge on any atom is -0.409 e. The molecule has 1 aliphatic heterocycles. The highest BCUT2D eigenvalue weighted by Gasteiger charge is 2.22. The van der Waals surface area contributed by atoms with Crippen molar-refractivity contribution >= 4 is 27.6 Å². The third-order valence-electron chi connectivity index (χ3n) is 3.90. The Kier molecular flexibility index (Phi) is 5.46. The number of rotatable bonds is 5. The molecular weight excluding hydrogens is 383 g/mol. The molecule has 3 unspecified atom stereocenters. The third-order valence-corrected chi connectivity index (χ3v) is 4.67. The van der Waals surface area contributed by atoms with E-state index in [0.29, 0.717) is 24.0 Å². The van der Waals surface area contributed by atoms with Crippen molar-refractivity contribution in [2.24, 2.45) is 11.1 Å². The van der Waals surface area contributed by atoms with E-state index in [1.54, 1.807) is 12.2 Å². The van der Waals surface area contributed by atoms with Crippen molar-refractivity contribution in [2.75, 3.05) is 25.0 Å². The molecule has 0 bridgehead atoms. The predicted octanol–water partition coefficient (Wildman–Crippen LogP) is 1.37. The SMILES string of the molecule is O/N=C(\NC1=CC(Br)C(F)C=C1)c1nonc1NCC1CCNC1. The second kappa shape index (κ2) is 7.75. The summed E-state index contributed by atoms with van der Waals surface area (Å²) in [6, 6.07) is 0. The van der Waals surface area contributed by atoms with Crippen molar-refractivity contribution in [1.29, 1.82) is 0 Å². The minimum absolute atomic E-state index is 0.0659. The van der Waals surface area contributed by atoms with Gasteiger partial charge in [-0.25, -0.2) is 9.02 Å². The van der Waals surface area contributed by atoms with E-state index in [2.05, 4.69) is 47.3 Å². The number of hydrogen-bond acceptors (Lipinski definition) is 7. The maximum absolute atomic E-state index is 13.4. The monoisotopic (exact) mass is 400 g/mol. The van der Waals surface area contributed by atoms with Crippen molar-refractivity contribution in [2.45, 2.75) is 17.4 Å². The molecule has 1 fully saturated rings. The molecule has 0 saturated carbocycles. The fourth-order valence-corrected chi connectivity index (χ4v) is 3.02. The molecule has 2 heterocycles. The highest BCUT2D eigenvalue weighted by atomic mass is 79.9. The molecule has 24 heavy (non-hydrogen) atoms. The number of allylic oxidation sites excluding steroid dienone is 3. The van der Waals surface area contributed by atoms with Crippen LogP contribution in [0.1, 0.15) is 12.1 Å². The standard InChI is InChI=1S/C14H18BrFN6O2/c15-10-5-9(1-2-11(10)16)19-14(20-23)12-13(22-24-21-12)18-7-8-3-4-17-6-8/h1-2,5,8,10-11,17,23H,3-4,6-7H2,(H,18,22)(H,19,20). The second-order valence-corrected chi connectivity index (χ2v) is 6.70. The van der Waals surface area contributed by atoms with Gasteiger partial charge in [-0.15, -0.1) is 0 Å². The number of halogens is 2. The second-order valence-electron chi connectivity index (χ2n) is 5.64. The van der Waals surface area contributed by atoms with E-state index in [9.17, 15) is 9.60 Å². The van der Waals surface area contributed by atoms with Crippen LogP contribution >= 0.6 is 15.9 Å². The van der Waals surface area contributed by atoms with E-state index >= 15 is 0 Å². The van der Waals surface area contributed by atoms with Gasteiger partial charge in [-0.1, -0.05) is 21.1 Å². The number of aromatic nitrogens is 2. The van der Waals surface area contributed by atoms with Crippen LogP contribution in [0.25, 0.3) is 0 Å². The van der Waals surface area contributed by atoms with Crippen molar-refractivity contribution in [3.8, 4) is 0 Å². The summed E-state index contributed by atoms with van der Waals surface area (Å²) in [6.45, 7) is 2.66. The molecule has 1 aromatic heterocycles. The fourth-order valence-electron chi connectivity index (χ4n) is 2.56. The predicted molar refractivity (Wildman–Crippen MR) is 90.1 cm³/mol. The van der Waals surface area contributed by atoms with Gasteiger partial charge in [0.2, 0.25) is 11.7 Å². The molecular formula is C14H18BrFN6O2. The summed E-state index contributed by atoms with van der Waals surface area (Å²) >= 11 is 3.22. The number of alkyl halides is 2. The topological polar surface area (TPSA) is 108 Å². The van der Waals surface area contributed by atoms with Crippen LogP contribution in [0, 0.1) is 5.92 Å². The number of hydrogen-bond donors (Lipinski definition) is 4. The fraction of sp³-hybridized carbons (Fsp3) is 0.500. The first-order valence-corrected chi connectivity index (χ1v) is 8.53. The maximum Gasteiger partial charge on any atom is 0.203 e. The average molecular weight is 401 g/mol. The maximum atomic E-state index is 13.4. The molecule has 3 rings (SSSR count). The lowest BCUT2D eigenvalue weighted by atomic mass is 10.1. The van der Waals surface area contributed by atoms with E-state index in [4.69, 9.17) is 4.63 Å². The third kappa shape index (κ3) is 3.93. The van der Waals surface area contributed by atoms with E-state index in [-0.39, 0.29) is 11.5 Å². The smallest absolute Gasteiger partial charge is 0.203 e. The Morgan fingerprint density at radius 3 is 3.12 bits per heavy atom. The Labute approximate surface area is 146 Å². The number of anilines is 1. The normalized spacial score (nSPS) is 27.2. The number of amidine groups is 1. The molecule has 1 aromatic rings. The van der Waals surface area contributed by atoms with Crippen LogP contribution in [0.3, 0.4) is 0 Å². The summed E-state index contributed by atoms with van der Waals surface area (Å²) in [7, 11) is 0. The summed E-state index contributed by atoms with van der Waals surface area (Å²) in [4.78, 5) is -0.451. The van der Waals surface area contributed by atoms with Gasteiger partial charge in [-0.05, 0) is 54.0 Å². The van der Waals surface area contributed by atoms with Crippen LogP contribution in [-0.2, 0) is 0 Å². The van der Waals surface area contributed by atoms with Gasteiger partial charge in [0.25, 0.3) is 0 Å². The van der Waals surface area contributed by atoms with Crippen LogP contribution in [0.4, 0.5) is 10.2 Å². The molecule has 10 heteroatoms. The lowest BCUT2D eigenvalue weighted by Gasteiger charge is -2.16. The molecule has 0 radical (unpaired) electrons. The molecule has 0 aromatic carbocycles. The van der Waals surface area contributed by atoms with Crippen molar-refractivity contribution in [3.05, 3.63) is 29.6 Å².